The number of hydrogen-bond donors (Lipinski definition) is 1. The van der Waals surface area contributed by atoms with Crippen LogP contribution in [-0.2, 0) is 21.1 Å². The Morgan fingerprint density at radius 2 is 1.76 bits per heavy atom. The Labute approximate surface area is 172 Å². The summed E-state index contributed by atoms with van der Waals surface area (Å²) in [5.41, 5.74) is 3.11. The van der Waals surface area contributed by atoms with E-state index in [9.17, 15) is 13.2 Å². The van der Waals surface area contributed by atoms with Gasteiger partial charge in [-0.15, -0.1) is 0 Å². The van der Waals surface area contributed by atoms with Crippen molar-refractivity contribution in [2.45, 2.75) is 49.5 Å². The van der Waals surface area contributed by atoms with Crippen LogP contribution in [0.1, 0.15) is 37.7 Å². The molecule has 1 aliphatic carbocycles. The van der Waals surface area contributed by atoms with Crippen molar-refractivity contribution in [2.24, 2.45) is 5.92 Å². The first-order valence-corrected chi connectivity index (χ1v) is 12.1. The van der Waals surface area contributed by atoms with Crippen LogP contribution in [0.15, 0.2) is 47.4 Å². The van der Waals surface area contributed by atoms with Crippen molar-refractivity contribution < 1.29 is 17.9 Å². The van der Waals surface area contributed by atoms with Crippen LogP contribution in [0.5, 0.6) is 5.75 Å². The van der Waals surface area contributed by atoms with Crippen LogP contribution >= 0.6 is 0 Å². The summed E-state index contributed by atoms with van der Waals surface area (Å²) in [7, 11) is -3.19. The summed E-state index contributed by atoms with van der Waals surface area (Å²) in [6, 6.07) is 13.0. The maximum atomic E-state index is 12.2. The number of carbonyl (C=O) groups excluding carboxylic acids is 1. The number of ether oxygens (including phenoxy) is 1. The molecule has 5 nitrogen and oxygen atoms in total. The summed E-state index contributed by atoms with van der Waals surface area (Å²) >= 11 is 0. The van der Waals surface area contributed by atoms with Crippen LogP contribution in [0.2, 0.25) is 0 Å². The Balaban J connectivity index is 1.36. The van der Waals surface area contributed by atoms with Crippen LogP contribution < -0.4 is 10.1 Å². The van der Waals surface area contributed by atoms with Gasteiger partial charge >= 0.3 is 0 Å². The van der Waals surface area contributed by atoms with Gasteiger partial charge in [-0.2, -0.15) is 0 Å². The lowest BCUT2D eigenvalue weighted by Gasteiger charge is -2.13. The minimum absolute atomic E-state index is 0.0413. The van der Waals surface area contributed by atoms with Gasteiger partial charge in [0.05, 0.1) is 11.4 Å². The average Bonchev–Trinajstić information content (AvgIpc) is 3.34. The zero-order valence-corrected chi connectivity index (χ0v) is 17.5. The van der Waals surface area contributed by atoms with Crippen molar-refractivity contribution in [2.75, 3.05) is 12.8 Å². The molecule has 0 bridgehead atoms. The van der Waals surface area contributed by atoms with Crippen molar-refractivity contribution >= 4 is 15.7 Å². The quantitative estimate of drug-likeness (QED) is 0.783. The maximum absolute atomic E-state index is 12.2. The van der Waals surface area contributed by atoms with E-state index in [2.05, 4.69) is 11.4 Å². The molecule has 0 radical (unpaired) electrons. The third kappa shape index (κ3) is 4.81. The molecule has 1 heterocycles. The van der Waals surface area contributed by atoms with E-state index >= 15 is 0 Å². The van der Waals surface area contributed by atoms with Gasteiger partial charge in [-0.3, -0.25) is 4.79 Å². The van der Waals surface area contributed by atoms with E-state index in [1.807, 2.05) is 24.3 Å². The van der Waals surface area contributed by atoms with Gasteiger partial charge in [0.2, 0.25) is 5.91 Å². The third-order valence-electron chi connectivity index (χ3n) is 5.89. The molecule has 0 saturated heterocycles. The fraction of sp³-hybridized carbons (Fsp3) is 0.435. The lowest BCUT2D eigenvalue weighted by Crippen LogP contribution is -2.35. The Morgan fingerprint density at radius 1 is 1.07 bits per heavy atom. The second-order valence-electron chi connectivity index (χ2n) is 8.22. The molecule has 2 aromatic carbocycles. The van der Waals surface area contributed by atoms with Gasteiger partial charge in [-0.1, -0.05) is 31.0 Å². The topological polar surface area (TPSA) is 72.5 Å². The lowest BCUT2D eigenvalue weighted by atomic mass is 10.0. The number of amides is 1. The predicted molar refractivity (Wildman–Crippen MR) is 113 cm³/mol. The SMILES string of the molecule is CS(=O)(=O)c1ccc(-c2ccc3c(c2)CC(CNC(=O)CC2CCCC2)O3)cc1. The van der Waals surface area contributed by atoms with Crippen molar-refractivity contribution in [1.82, 2.24) is 5.32 Å². The third-order valence-corrected chi connectivity index (χ3v) is 7.02. The van der Waals surface area contributed by atoms with E-state index in [0.29, 0.717) is 23.8 Å². The molecular weight excluding hydrogens is 386 g/mol. The first-order chi connectivity index (χ1) is 13.9. The summed E-state index contributed by atoms with van der Waals surface area (Å²) in [4.78, 5) is 12.5. The summed E-state index contributed by atoms with van der Waals surface area (Å²) in [5.74, 6) is 1.54. The smallest absolute Gasteiger partial charge is 0.220 e. The monoisotopic (exact) mass is 413 g/mol. The maximum Gasteiger partial charge on any atom is 0.220 e. The number of sulfone groups is 1. The summed E-state index contributed by atoms with van der Waals surface area (Å²) in [6.07, 6.45) is 7.40. The van der Waals surface area contributed by atoms with E-state index < -0.39 is 9.84 Å². The summed E-state index contributed by atoms with van der Waals surface area (Å²) in [6.45, 7) is 0.526. The highest BCUT2D eigenvalue weighted by atomic mass is 32.2. The van der Waals surface area contributed by atoms with Gasteiger partial charge in [0.15, 0.2) is 9.84 Å². The van der Waals surface area contributed by atoms with Crippen molar-refractivity contribution in [3.8, 4) is 16.9 Å². The Bertz CT molecular complexity index is 992. The highest BCUT2D eigenvalue weighted by molar-refractivity contribution is 7.90. The molecule has 2 aromatic rings. The molecule has 6 heteroatoms. The molecule has 1 fully saturated rings. The van der Waals surface area contributed by atoms with Crippen molar-refractivity contribution in [3.63, 3.8) is 0 Å². The average molecular weight is 414 g/mol. The number of benzene rings is 2. The number of rotatable bonds is 6. The molecular formula is C23H27NO4S. The zero-order valence-electron chi connectivity index (χ0n) is 16.7. The Kier molecular flexibility index (Phi) is 5.63. The first kappa shape index (κ1) is 20.0. The van der Waals surface area contributed by atoms with E-state index in [4.69, 9.17) is 4.74 Å². The van der Waals surface area contributed by atoms with Gasteiger partial charge in [-0.05, 0) is 59.7 Å². The molecule has 1 amide bonds. The number of hydrogen-bond acceptors (Lipinski definition) is 4. The number of fused-ring (bicyclic) bond motifs is 1. The van der Waals surface area contributed by atoms with Crippen LogP contribution in [0.25, 0.3) is 11.1 Å². The molecule has 4 rings (SSSR count). The van der Waals surface area contributed by atoms with Crippen LogP contribution in [0, 0.1) is 5.92 Å². The van der Waals surface area contributed by atoms with Gasteiger partial charge in [0, 0.05) is 19.1 Å². The molecule has 1 aliphatic heterocycles. The summed E-state index contributed by atoms with van der Waals surface area (Å²) < 4.78 is 29.2. The number of carbonyl (C=O) groups is 1. The van der Waals surface area contributed by atoms with Gasteiger partial charge in [-0.25, -0.2) is 8.42 Å². The predicted octanol–water partition coefficient (Wildman–Crippen LogP) is 3.76. The van der Waals surface area contributed by atoms with Crippen LogP contribution in [-0.4, -0.2) is 33.2 Å². The standard InChI is InChI=1S/C23H27NO4S/c1-29(26,27)21-9-6-17(7-10-21)18-8-11-22-19(13-18)14-20(28-22)15-24-23(25)12-16-4-2-3-5-16/h6-11,13,16,20H,2-5,12,14-15H2,1H3,(H,24,25). The molecule has 0 spiro atoms. The van der Waals surface area contributed by atoms with Crippen LogP contribution in [0.3, 0.4) is 0 Å². The molecule has 1 saturated carbocycles. The Hall–Kier alpha value is -2.34. The van der Waals surface area contributed by atoms with E-state index in [1.54, 1.807) is 12.1 Å². The van der Waals surface area contributed by atoms with E-state index in [1.165, 1.54) is 31.9 Å². The lowest BCUT2D eigenvalue weighted by molar-refractivity contribution is -0.122. The van der Waals surface area contributed by atoms with Gasteiger partial charge in [0.1, 0.15) is 11.9 Å². The minimum atomic E-state index is -3.19. The zero-order chi connectivity index (χ0) is 20.4. The highest BCUT2D eigenvalue weighted by Crippen LogP contribution is 2.33. The highest BCUT2D eigenvalue weighted by Gasteiger charge is 2.25. The van der Waals surface area contributed by atoms with Crippen molar-refractivity contribution in [1.29, 1.82) is 0 Å². The van der Waals surface area contributed by atoms with E-state index in [0.717, 1.165) is 28.9 Å². The largest absolute Gasteiger partial charge is 0.488 e. The molecule has 1 N–H and O–H groups in total. The molecule has 2 aliphatic rings. The fourth-order valence-corrected chi connectivity index (χ4v) is 4.92. The van der Waals surface area contributed by atoms with Gasteiger partial charge in [0.25, 0.3) is 0 Å². The molecule has 1 atom stereocenters. The van der Waals surface area contributed by atoms with E-state index in [-0.39, 0.29) is 12.0 Å². The first-order valence-electron chi connectivity index (χ1n) is 10.3. The summed E-state index contributed by atoms with van der Waals surface area (Å²) in [5, 5.41) is 3.03. The number of nitrogens with one attached hydrogen (secondary N) is 1. The Morgan fingerprint density at radius 3 is 2.45 bits per heavy atom. The minimum Gasteiger partial charge on any atom is -0.488 e. The molecule has 29 heavy (non-hydrogen) atoms. The van der Waals surface area contributed by atoms with Crippen molar-refractivity contribution in [3.05, 3.63) is 48.0 Å². The fourth-order valence-electron chi connectivity index (χ4n) is 4.28. The molecule has 154 valence electrons. The van der Waals surface area contributed by atoms with Crippen LogP contribution in [0.4, 0.5) is 0 Å². The molecule has 0 aromatic heterocycles. The second kappa shape index (κ2) is 8.19. The van der Waals surface area contributed by atoms with Gasteiger partial charge < -0.3 is 10.1 Å². The second-order valence-corrected chi connectivity index (χ2v) is 10.2. The molecule has 1 unspecified atom stereocenters. The normalized spacial score (nSPS) is 19.0.